The van der Waals surface area contributed by atoms with Gasteiger partial charge in [-0.1, -0.05) is 15.9 Å². The Morgan fingerprint density at radius 2 is 1.93 bits per heavy atom. The van der Waals surface area contributed by atoms with Crippen LogP contribution in [0.1, 0.15) is 12.5 Å². The minimum Gasteiger partial charge on any atom is -0.454 e. The SMILES string of the molecule is CC(=O)N=C1S/C(=C\c2cc3c(cc2Br)OCO3)C(=O)N1c1ccc(F)cc1. The van der Waals surface area contributed by atoms with Gasteiger partial charge in [-0.25, -0.2) is 4.39 Å². The lowest BCUT2D eigenvalue weighted by atomic mass is 10.2. The minimum atomic E-state index is -0.437. The normalized spacial score (nSPS) is 18.4. The van der Waals surface area contributed by atoms with E-state index in [0.717, 1.165) is 16.2 Å². The number of amidine groups is 1. The Bertz CT molecular complexity index is 1050. The van der Waals surface area contributed by atoms with Gasteiger partial charge in [0.05, 0.1) is 10.6 Å². The van der Waals surface area contributed by atoms with Crippen LogP contribution in [0, 0.1) is 5.82 Å². The summed E-state index contributed by atoms with van der Waals surface area (Å²) in [5.41, 5.74) is 1.13. The van der Waals surface area contributed by atoms with E-state index < -0.39 is 11.7 Å². The summed E-state index contributed by atoms with van der Waals surface area (Å²) in [6, 6.07) is 8.94. The summed E-state index contributed by atoms with van der Waals surface area (Å²) in [5, 5.41) is 0.215. The molecule has 6 nitrogen and oxygen atoms in total. The second-order valence-electron chi connectivity index (χ2n) is 5.87. The fourth-order valence-electron chi connectivity index (χ4n) is 2.69. The van der Waals surface area contributed by atoms with Crippen molar-refractivity contribution in [3.05, 3.63) is 57.2 Å². The fraction of sp³-hybridized carbons (Fsp3) is 0.105. The monoisotopic (exact) mass is 462 g/mol. The summed E-state index contributed by atoms with van der Waals surface area (Å²) in [4.78, 5) is 30.1. The van der Waals surface area contributed by atoms with Crippen LogP contribution in [0.4, 0.5) is 10.1 Å². The molecule has 0 N–H and O–H groups in total. The molecule has 4 rings (SSSR count). The fourth-order valence-corrected chi connectivity index (χ4v) is 4.14. The van der Waals surface area contributed by atoms with E-state index in [2.05, 4.69) is 20.9 Å². The van der Waals surface area contributed by atoms with E-state index in [1.165, 1.54) is 36.1 Å². The molecule has 0 saturated carbocycles. The molecule has 2 aliphatic heterocycles. The Labute approximate surface area is 172 Å². The van der Waals surface area contributed by atoms with Gasteiger partial charge >= 0.3 is 0 Å². The lowest BCUT2D eigenvalue weighted by Crippen LogP contribution is -2.29. The van der Waals surface area contributed by atoms with Gasteiger partial charge in [-0.2, -0.15) is 4.99 Å². The highest BCUT2D eigenvalue weighted by Crippen LogP contribution is 2.41. The molecule has 1 fully saturated rings. The van der Waals surface area contributed by atoms with Crippen LogP contribution < -0.4 is 14.4 Å². The van der Waals surface area contributed by atoms with Gasteiger partial charge in [0.15, 0.2) is 16.7 Å². The third-order valence-corrected chi connectivity index (χ3v) is 5.58. The van der Waals surface area contributed by atoms with Crippen molar-refractivity contribution in [1.82, 2.24) is 0 Å². The number of fused-ring (bicyclic) bond motifs is 1. The van der Waals surface area contributed by atoms with E-state index in [1.807, 2.05) is 0 Å². The highest BCUT2D eigenvalue weighted by Gasteiger charge is 2.35. The maximum absolute atomic E-state index is 13.3. The van der Waals surface area contributed by atoms with Crippen LogP contribution in [0.15, 0.2) is 50.8 Å². The molecule has 0 unspecified atom stereocenters. The number of ether oxygens (including phenoxy) is 2. The van der Waals surface area contributed by atoms with E-state index in [9.17, 15) is 14.0 Å². The summed E-state index contributed by atoms with van der Waals surface area (Å²) in [6.07, 6.45) is 1.68. The Morgan fingerprint density at radius 1 is 1.25 bits per heavy atom. The van der Waals surface area contributed by atoms with Crippen molar-refractivity contribution in [1.29, 1.82) is 0 Å². The summed E-state index contributed by atoms with van der Waals surface area (Å²) < 4.78 is 24.7. The van der Waals surface area contributed by atoms with Crippen LogP contribution in [0.5, 0.6) is 11.5 Å². The van der Waals surface area contributed by atoms with Crippen molar-refractivity contribution in [2.45, 2.75) is 6.92 Å². The van der Waals surface area contributed by atoms with Gasteiger partial charge in [-0.15, -0.1) is 0 Å². The van der Waals surface area contributed by atoms with Gasteiger partial charge in [-0.3, -0.25) is 14.5 Å². The van der Waals surface area contributed by atoms with E-state index in [-0.39, 0.29) is 17.9 Å². The summed E-state index contributed by atoms with van der Waals surface area (Å²) in [5.74, 6) is -0.0213. The average Bonchev–Trinajstić information content (AvgIpc) is 3.20. The number of anilines is 1. The average molecular weight is 463 g/mol. The summed E-state index contributed by atoms with van der Waals surface area (Å²) in [6.45, 7) is 1.44. The highest BCUT2D eigenvalue weighted by molar-refractivity contribution is 9.10. The van der Waals surface area contributed by atoms with Crippen molar-refractivity contribution in [3.8, 4) is 11.5 Å². The molecule has 0 spiro atoms. The van der Waals surface area contributed by atoms with Gasteiger partial charge in [-0.05, 0) is 59.8 Å². The molecule has 28 heavy (non-hydrogen) atoms. The number of rotatable bonds is 2. The van der Waals surface area contributed by atoms with E-state index in [1.54, 1.807) is 18.2 Å². The Hall–Kier alpha value is -2.65. The number of nitrogens with zero attached hydrogens (tertiary/aromatic N) is 2. The number of halogens is 2. The number of thioether (sulfide) groups is 1. The lowest BCUT2D eigenvalue weighted by Gasteiger charge is -2.15. The maximum Gasteiger partial charge on any atom is 0.271 e. The van der Waals surface area contributed by atoms with Crippen LogP contribution in [0.25, 0.3) is 6.08 Å². The predicted molar refractivity (Wildman–Crippen MR) is 108 cm³/mol. The van der Waals surface area contributed by atoms with Gasteiger partial charge < -0.3 is 9.47 Å². The van der Waals surface area contributed by atoms with Crippen molar-refractivity contribution < 1.29 is 23.5 Å². The molecule has 0 aromatic heterocycles. The molecule has 1 saturated heterocycles. The van der Waals surface area contributed by atoms with Gasteiger partial charge in [0.25, 0.3) is 5.91 Å². The predicted octanol–water partition coefficient (Wildman–Crippen LogP) is 4.34. The number of carbonyl (C=O) groups excluding carboxylic acids is 2. The second-order valence-corrected chi connectivity index (χ2v) is 7.73. The molecule has 0 aliphatic carbocycles. The molecule has 2 aromatic rings. The first-order valence-corrected chi connectivity index (χ1v) is 9.71. The molecule has 9 heteroatoms. The van der Waals surface area contributed by atoms with Gasteiger partial charge in [0.1, 0.15) is 5.82 Å². The zero-order chi connectivity index (χ0) is 19.8. The molecule has 0 atom stereocenters. The molecule has 2 amide bonds. The first-order valence-electron chi connectivity index (χ1n) is 8.10. The number of carbonyl (C=O) groups is 2. The van der Waals surface area contributed by atoms with Crippen molar-refractivity contribution in [2.75, 3.05) is 11.7 Å². The molecule has 2 aromatic carbocycles. The van der Waals surface area contributed by atoms with Crippen molar-refractivity contribution in [2.24, 2.45) is 4.99 Å². The molecule has 0 bridgehead atoms. The zero-order valence-electron chi connectivity index (χ0n) is 14.4. The number of hydrogen-bond donors (Lipinski definition) is 0. The highest BCUT2D eigenvalue weighted by atomic mass is 79.9. The largest absolute Gasteiger partial charge is 0.454 e. The zero-order valence-corrected chi connectivity index (χ0v) is 16.8. The molecular weight excluding hydrogens is 451 g/mol. The lowest BCUT2D eigenvalue weighted by molar-refractivity contribution is -0.115. The Kier molecular flexibility index (Phi) is 4.94. The van der Waals surface area contributed by atoms with Gasteiger partial charge in [0.2, 0.25) is 12.7 Å². The number of benzene rings is 2. The first-order chi connectivity index (χ1) is 13.4. The summed E-state index contributed by atoms with van der Waals surface area (Å²) in [7, 11) is 0. The van der Waals surface area contributed by atoms with Crippen LogP contribution in [0.2, 0.25) is 0 Å². The topological polar surface area (TPSA) is 68.2 Å². The van der Waals surface area contributed by atoms with Crippen molar-refractivity contribution >= 4 is 56.4 Å². The van der Waals surface area contributed by atoms with Gasteiger partial charge in [0, 0.05) is 11.4 Å². The standard InChI is InChI=1S/C19H12BrFN2O4S/c1-10(24)22-19-23(13-4-2-12(21)3-5-13)18(25)17(28-19)7-11-6-15-16(8-14(11)20)27-9-26-15/h2-8H,9H2,1H3/b17-7-,22-19?. The third kappa shape index (κ3) is 3.55. The Morgan fingerprint density at radius 3 is 2.61 bits per heavy atom. The molecule has 2 heterocycles. The first kappa shape index (κ1) is 18.7. The molecule has 2 aliphatic rings. The third-order valence-electron chi connectivity index (χ3n) is 3.92. The number of hydrogen-bond acceptors (Lipinski definition) is 5. The Balaban J connectivity index is 1.75. The molecule has 0 radical (unpaired) electrons. The number of aliphatic imine (C=N–C) groups is 1. The van der Waals surface area contributed by atoms with E-state index >= 15 is 0 Å². The maximum atomic E-state index is 13.3. The summed E-state index contributed by atoms with van der Waals surface area (Å²) >= 11 is 4.53. The minimum absolute atomic E-state index is 0.142. The van der Waals surface area contributed by atoms with Crippen LogP contribution >= 0.6 is 27.7 Å². The van der Waals surface area contributed by atoms with E-state index in [4.69, 9.17) is 9.47 Å². The van der Waals surface area contributed by atoms with Crippen LogP contribution in [-0.4, -0.2) is 23.8 Å². The van der Waals surface area contributed by atoms with E-state index in [0.29, 0.717) is 27.7 Å². The van der Waals surface area contributed by atoms with Crippen LogP contribution in [0.3, 0.4) is 0 Å². The second kappa shape index (κ2) is 7.40. The quantitative estimate of drug-likeness (QED) is 0.620. The molecule has 142 valence electrons. The van der Waals surface area contributed by atoms with Crippen LogP contribution in [-0.2, 0) is 9.59 Å². The smallest absolute Gasteiger partial charge is 0.271 e. The molecular formula is C19H12BrFN2O4S. The van der Waals surface area contributed by atoms with Crippen molar-refractivity contribution in [3.63, 3.8) is 0 Å². The number of amides is 2.